The van der Waals surface area contributed by atoms with Crippen LogP contribution in [0.4, 0.5) is 11.4 Å². The first-order valence-corrected chi connectivity index (χ1v) is 6.25. The highest BCUT2D eigenvalue weighted by Crippen LogP contribution is 2.32. The number of ether oxygens (including phenoxy) is 2. The normalized spacial score (nSPS) is 22.2. The van der Waals surface area contributed by atoms with E-state index < -0.39 is 4.92 Å². The molecule has 0 radical (unpaired) electrons. The predicted octanol–water partition coefficient (Wildman–Crippen LogP) is 2.58. The summed E-state index contributed by atoms with van der Waals surface area (Å²) >= 11 is 0. The van der Waals surface area contributed by atoms with Crippen LogP contribution >= 0.6 is 0 Å². The van der Waals surface area contributed by atoms with Gasteiger partial charge in [0.15, 0.2) is 0 Å². The summed E-state index contributed by atoms with van der Waals surface area (Å²) in [6.45, 7) is 0. The highest BCUT2D eigenvalue weighted by Gasteiger charge is 2.26. The average molecular weight is 266 g/mol. The average Bonchev–Trinajstić information content (AvgIpc) is 2.86. The maximum Gasteiger partial charge on any atom is 0.296 e. The first-order chi connectivity index (χ1) is 9.13. The maximum atomic E-state index is 11.1. The Balaban J connectivity index is 2.13. The van der Waals surface area contributed by atoms with E-state index in [1.165, 1.54) is 13.2 Å². The molecule has 0 saturated heterocycles. The molecule has 1 saturated carbocycles. The van der Waals surface area contributed by atoms with Gasteiger partial charge in [-0.25, -0.2) is 0 Å². The summed E-state index contributed by atoms with van der Waals surface area (Å²) in [6.07, 6.45) is 3.06. The fraction of sp³-hybridized carbons (Fsp3) is 0.538. The largest absolute Gasteiger partial charge is 0.496 e. The van der Waals surface area contributed by atoms with Crippen LogP contribution in [0.2, 0.25) is 0 Å². The Morgan fingerprint density at radius 3 is 2.74 bits per heavy atom. The quantitative estimate of drug-likeness (QED) is 0.655. The van der Waals surface area contributed by atoms with Crippen LogP contribution in [-0.2, 0) is 4.74 Å². The minimum atomic E-state index is -0.395. The smallest absolute Gasteiger partial charge is 0.296 e. The van der Waals surface area contributed by atoms with Gasteiger partial charge in [-0.2, -0.15) is 0 Å². The monoisotopic (exact) mass is 266 g/mol. The summed E-state index contributed by atoms with van der Waals surface area (Å²) in [7, 11) is 3.19. The Kier molecular flexibility index (Phi) is 4.21. The minimum Gasteiger partial charge on any atom is -0.496 e. The summed E-state index contributed by atoms with van der Waals surface area (Å²) in [4.78, 5) is 10.7. The molecule has 1 aromatic rings. The second kappa shape index (κ2) is 5.88. The molecule has 104 valence electrons. The van der Waals surface area contributed by atoms with Gasteiger partial charge in [-0.3, -0.25) is 10.1 Å². The van der Waals surface area contributed by atoms with Crippen LogP contribution in [-0.4, -0.2) is 31.3 Å². The number of rotatable bonds is 5. The molecule has 0 bridgehead atoms. The molecular formula is C13H18N2O4. The lowest BCUT2D eigenvalue weighted by molar-refractivity contribution is -0.384. The van der Waals surface area contributed by atoms with Gasteiger partial charge in [0.2, 0.25) is 0 Å². The first kappa shape index (κ1) is 13.6. The van der Waals surface area contributed by atoms with Crippen LogP contribution in [0.15, 0.2) is 18.2 Å². The molecule has 2 rings (SSSR count). The standard InChI is InChI=1S/C13H18N2O4/c1-18-10-4-3-9(7-10)14-12-6-5-11(19-2)8-13(12)15(16)17/h5-6,8-10,14H,3-4,7H2,1-2H3. The SMILES string of the molecule is COc1ccc(NC2CCC(OC)C2)c([N+](=O)[O-])c1. The van der Waals surface area contributed by atoms with E-state index in [9.17, 15) is 10.1 Å². The number of nitro groups is 1. The maximum absolute atomic E-state index is 11.1. The highest BCUT2D eigenvalue weighted by atomic mass is 16.6. The topological polar surface area (TPSA) is 73.6 Å². The van der Waals surface area contributed by atoms with Crippen molar-refractivity contribution in [3.63, 3.8) is 0 Å². The molecule has 19 heavy (non-hydrogen) atoms. The lowest BCUT2D eigenvalue weighted by Gasteiger charge is -2.14. The zero-order chi connectivity index (χ0) is 13.8. The number of nitrogens with zero attached hydrogens (tertiary/aromatic N) is 1. The second-order valence-corrected chi connectivity index (χ2v) is 4.65. The molecule has 6 nitrogen and oxygen atoms in total. The van der Waals surface area contributed by atoms with E-state index in [-0.39, 0.29) is 17.8 Å². The van der Waals surface area contributed by atoms with E-state index in [0.29, 0.717) is 11.4 Å². The first-order valence-electron chi connectivity index (χ1n) is 6.25. The summed E-state index contributed by atoms with van der Waals surface area (Å²) in [6, 6.07) is 5.07. The molecule has 1 aliphatic rings. The molecule has 1 N–H and O–H groups in total. The molecule has 0 amide bonds. The van der Waals surface area contributed by atoms with Crippen molar-refractivity contribution in [2.75, 3.05) is 19.5 Å². The fourth-order valence-corrected chi connectivity index (χ4v) is 2.42. The van der Waals surface area contributed by atoms with E-state index in [2.05, 4.69) is 5.32 Å². The molecule has 0 heterocycles. The van der Waals surface area contributed by atoms with Crippen molar-refractivity contribution in [3.05, 3.63) is 28.3 Å². The van der Waals surface area contributed by atoms with E-state index >= 15 is 0 Å². The summed E-state index contributed by atoms with van der Waals surface area (Å²) in [5.41, 5.74) is 0.577. The van der Waals surface area contributed by atoms with Crippen molar-refractivity contribution in [3.8, 4) is 5.75 Å². The number of hydrogen-bond donors (Lipinski definition) is 1. The Hall–Kier alpha value is -1.82. The van der Waals surface area contributed by atoms with Crippen molar-refractivity contribution in [1.82, 2.24) is 0 Å². The van der Waals surface area contributed by atoms with Crippen molar-refractivity contribution < 1.29 is 14.4 Å². The number of nitrogens with one attached hydrogen (secondary N) is 1. The van der Waals surface area contributed by atoms with Crippen LogP contribution in [0.3, 0.4) is 0 Å². The molecule has 0 spiro atoms. The van der Waals surface area contributed by atoms with Crippen molar-refractivity contribution in [1.29, 1.82) is 0 Å². The molecule has 2 unspecified atom stereocenters. The van der Waals surface area contributed by atoms with Gasteiger partial charge in [-0.15, -0.1) is 0 Å². The third-order valence-electron chi connectivity index (χ3n) is 3.48. The lowest BCUT2D eigenvalue weighted by atomic mass is 10.2. The molecule has 1 aliphatic carbocycles. The third-order valence-corrected chi connectivity index (χ3v) is 3.48. The van der Waals surface area contributed by atoms with Gasteiger partial charge in [0.05, 0.1) is 24.2 Å². The van der Waals surface area contributed by atoms with Gasteiger partial charge in [0.1, 0.15) is 11.4 Å². The summed E-state index contributed by atoms with van der Waals surface area (Å²) in [5, 5.41) is 14.3. The molecule has 1 aromatic carbocycles. The van der Waals surface area contributed by atoms with Crippen LogP contribution in [0.25, 0.3) is 0 Å². The third kappa shape index (κ3) is 3.14. The van der Waals surface area contributed by atoms with E-state index in [0.717, 1.165) is 19.3 Å². The molecule has 1 fully saturated rings. The van der Waals surface area contributed by atoms with E-state index in [4.69, 9.17) is 9.47 Å². The molecular weight excluding hydrogens is 248 g/mol. The number of benzene rings is 1. The molecule has 6 heteroatoms. The zero-order valence-corrected chi connectivity index (χ0v) is 11.1. The fourth-order valence-electron chi connectivity index (χ4n) is 2.42. The number of methoxy groups -OCH3 is 2. The highest BCUT2D eigenvalue weighted by molar-refractivity contribution is 5.64. The predicted molar refractivity (Wildman–Crippen MR) is 71.7 cm³/mol. The van der Waals surface area contributed by atoms with Crippen LogP contribution < -0.4 is 10.1 Å². The van der Waals surface area contributed by atoms with Gasteiger partial charge in [-0.1, -0.05) is 0 Å². The van der Waals surface area contributed by atoms with Crippen molar-refractivity contribution in [2.45, 2.75) is 31.4 Å². The van der Waals surface area contributed by atoms with Gasteiger partial charge >= 0.3 is 0 Å². The summed E-state index contributed by atoms with van der Waals surface area (Å²) in [5.74, 6) is 0.485. The van der Waals surface area contributed by atoms with Crippen molar-refractivity contribution in [2.24, 2.45) is 0 Å². The number of anilines is 1. The van der Waals surface area contributed by atoms with Crippen LogP contribution in [0.5, 0.6) is 5.75 Å². The van der Waals surface area contributed by atoms with Crippen LogP contribution in [0, 0.1) is 10.1 Å². The van der Waals surface area contributed by atoms with E-state index in [1.807, 2.05) is 0 Å². The second-order valence-electron chi connectivity index (χ2n) is 4.65. The number of nitro benzene ring substituents is 1. The molecule has 0 aliphatic heterocycles. The van der Waals surface area contributed by atoms with Gasteiger partial charge in [0.25, 0.3) is 5.69 Å². The summed E-state index contributed by atoms with van der Waals surface area (Å²) < 4.78 is 10.3. The van der Waals surface area contributed by atoms with Crippen LogP contribution in [0.1, 0.15) is 19.3 Å². The molecule has 0 aromatic heterocycles. The zero-order valence-electron chi connectivity index (χ0n) is 11.1. The minimum absolute atomic E-state index is 0.0419. The van der Waals surface area contributed by atoms with Gasteiger partial charge < -0.3 is 14.8 Å². The van der Waals surface area contributed by atoms with E-state index in [1.54, 1.807) is 19.2 Å². The van der Waals surface area contributed by atoms with Gasteiger partial charge in [0, 0.05) is 13.2 Å². The van der Waals surface area contributed by atoms with Crippen molar-refractivity contribution >= 4 is 11.4 Å². The Bertz CT molecular complexity index is 464. The Labute approximate surface area is 111 Å². The lowest BCUT2D eigenvalue weighted by Crippen LogP contribution is -2.18. The Morgan fingerprint density at radius 2 is 2.16 bits per heavy atom. The number of hydrogen-bond acceptors (Lipinski definition) is 5. The van der Waals surface area contributed by atoms with Gasteiger partial charge in [-0.05, 0) is 31.4 Å². The molecule has 2 atom stereocenters. The Morgan fingerprint density at radius 1 is 1.37 bits per heavy atom.